The van der Waals surface area contributed by atoms with E-state index in [0.717, 1.165) is 17.2 Å². The van der Waals surface area contributed by atoms with Crippen LogP contribution in [0, 0.1) is 0 Å². The Morgan fingerprint density at radius 3 is 1.44 bits per heavy atom. The van der Waals surface area contributed by atoms with Crippen molar-refractivity contribution in [2.24, 2.45) is 0 Å². The van der Waals surface area contributed by atoms with Crippen LogP contribution >= 0.6 is 17.2 Å². The number of hydrogen-bond donors (Lipinski definition) is 0. The quantitative estimate of drug-likeness (QED) is 0.702. The largest absolute Gasteiger partial charge is 0.0848 e. The van der Waals surface area contributed by atoms with Gasteiger partial charge in [-0.2, -0.15) is 0 Å². The molecule has 0 amide bonds. The lowest BCUT2D eigenvalue weighted by Gasteiger charge is -2.21. The van der Waals surface area contributed by atoms with Gasteiger partial charge in [0.25, 0.3) is 0 Å². The van der Waals surface area contributed by atoms with Gasteiger partial charge in [0.15, 0.2) is 0 Å². The molecular formula is C14H24P2. The Kier molecular flexibility index (Phi) is 4.56. The fourth-order valence-corrected chi connectivity index (χ4v) is 4.23. The highest BCUT2D eigenvalue weighted by Crippen LogP contribution is 2.32. The number of hydrogen-bond acceptors (Lipinski definition) is 0. The normalized spacial score (nSPS) is 14.4. The van der Waals surface area contributed by atoms with Crippen molar-refractivity contribution >= 4 is 27.8 Å². The van der Waals surface area contributed by atoms with Crippen LogP contribution in [0.15, 0.2) is 24.3 Å². The fourth-order valence-electron chi connectivity index (χ4n) is 1.54. The second-order valence-corrected chi connectivity index (χ2v) is 11.0. The van der Waals surface area contributed by atoms with Crippen LogP contribution in [0.3, 0.4) is 0 Å². The van der Waals surface area contributed by atoms with Crippen molar-refractivity contribution in [1.82, 2.24) is 0 Å². The highest BCUT2D eigenvalue weighted by Gasteiger charge is 2.13. The van der Waals surface area contributed by atoms with Crippen LogP contribution in [0.1, 0.15) is 41.5 Å². The summed E-state index contributed by atoms with van der Waals surface area (Å²) in [4.78, 5) is 0. The molecule has 0 nitrogen and oxygen atoms in total. The Bertz CT molecular complexity index is 311. The molecule has 0 spiro atoms. The van der Waals surface area contributed by atoms with Gasteiger partial charge in [-0.3, -0.25) is 0 Å². The third kappa shape index (κ3) is 5.97. The van der Waals surface area contributed by atoms with Gasteiger partial charge >= 0.3 is 0 Å². The van der Waals surface area contributed by atoms with Crippen molar-refractivity contribution in [2.75, 3.05) is 0 Å². The minimum absolute atomic E-state index is 0.406. The molecule has 0 aromatic heterocycles. The molecule has 0 N–H and O–H groups in total. The van der Waals surface area contributed by atoms with E-state index in [0.29, 0.717) is 10.3 Å². The molecule has 1 rings (SSSR count). The minimum atomic E-state index is 0.406. The Labute approximate surface area is 104 Å². The van der Waals surface area contributed by atoms with Crippen molar-refractivity contribution in [3.05, 3.63) is 24.3 Å². The first-order valence-corrected chi connectivity index (χ1v) is 7.82. The maximum absolute atomic E-state index is 2.40. The Balaban J connectivity index is 2.79. The van der Waals surface area contributed by atoms with Gasteiger partial charge in [0, 0.05) is 0 Å². The molecule has 0 saturated carbocycles. The van der Waals surface area contributed by atoms with Crippen molar-refractivity contribution in [1.29, 1.82) is 0 Å². The molecule has 0 radical (unpaired) electrons. The fraction of sp³-hybridized carbons (Fsp3) is 0.571. The van der Waals surface area contributed by atoms with Crippen LogP contribution in [0.25, 0.3) is 0 Å². The molecular weight excluding hydrogens is 230 g/mol. The molecule has 0 aliphatic rings. The lowest BCUT2D eigenvalue weighted by molar-refractivity contribution is 0.799. The van der Waals surface area contributed by atoms with Crippen molar-refractivity contribution in [2.45, 2.75) is 51.9 Å². The topological polar surface area (TPSA) is 0 Å². The molecule has 2 unspecified atom stereocenters. The predicted octanol–water partition coefficient (Wildman–Crippen LogP) is 3.89. The summed E-state index contributed by atoms with van der Waals surface area (Å²) in [6.07, 6.45) is 0. The number of rotatable bonds is 2. The second kappa shape index (κ2) is 5.16. The molecule has 90 valence electrons. The summed E-state index contributed by atoms with van der Waals surface area (Å²) in [5, 5.41) is 3.82. The molecule has 0 fully saturated rings. The van der Waals surface area contributed by atoms with Gasteiger partial charge in [-0.15, -0.1) is 0 Å². The summed E-state index contributed by atoms with van der Waals surface area (Å²) < 4.78 is 0. The molecule has 0 heterocycles. The first-order chi connectivity index (χ1) is 7.16. The van der Waals surface area contributed by atoms with Crippen LogP contribution < -0.4 is 10.6 Å². The van der Waals surface area contributed by atoms with Crippen molar-refractivity contribution in [3.8, 4) is 0 Å². The van der Waals surface area contributed by atoms with E-state index in [4.69, 9.17) is 0 Å². The highest BCUT2D eigenvalue weighted by atomic mass is 31.1. The average molecular weight is 254 g/mol. The summed E-state index contributed by atoms with van der Waals surface area (Å²) in [6, 6.07) is 9.14. The third-order valence-electron chi connectivity index (χ3n) is 1.90. The molecule has 1 aromatic carbocycles. The second-order valence-electron chi connectivity index (χ2n) is 6.33. The van der Waals surface area contributed by atoms with E-state index in [-0.39, 0.29) is 0 Å². The van der Waals surface area contributed by atoms with Gasteiger partial charge in [-0.05, 0) is 27.0 Å². The zero-order chi connectivity index (χ0) is 12.4. The zero-order valence-electron chi connectivity index (χ0n) is 11.3. The van der Waals surface area contributed by atoms with Gasteiger partial charge < -0.3 is 0 Å². The molecule has 2 heteroatoms. The SMILES string of the molecule is CC(C)(C)Pc1cccc(PC(C)(C)C)c1. The smallest absolute Gasteiger partial charge is 0.0166 e. The van der Waals surface area contributed by atoms with Gasteiger partial charge in [0.1, 0.15) is 0 Å². The van der Waals surface area contributed by atoms with Gasteiger partial charge in [-0.25, -0.2) is 0 Å². The zero-order valence-corrected chi connectivity index (χ0v) is 13.3. The van der Waals surface area contributed by atoms with Gasteiger partial charge in [-0.1, -0.05) is 76.9 Å². The molecule has 0 bridgehead atoms. The lowest BCUT2D eigenvalue weighted by atomic mass is 10.3. The summed E-state index contributed by atoms with van der Waals surface area (Å²) >= 11 is 0. The minimum Gasteiger partial charge on any atom is -0.0848 e. The van der Waals surface area contributed by atoms with E-state index < -0.39 is 0 Å². The summed E-state index contributed by atoms with van der Waals surface area (Å²) in [5.41, 5.74) is 0. The molecule has 16 heavy (non-hydrogen) atoms. The van der Waals surface area contributed by atoms with E-state index in [1.807, 2.05) is 0 Å². The highest BCUT2D eigenvalue weighted by molar-refractivity contribution is 7.50. The van der Waals surface area contributed by atoms with E-state index in [1.54, 1.807) is 0 Å². The number of benzene rings is 1. The predicted molar refractivity (Wildman–Crippen MR) is 81.8 cm³/mol. The van der Waals surface area contributed by atoms with Crippen molar-refractivity contribution in [3.63, 3.8) is 0 Å². The maximum atomic E-state index is 2.40. The van der Waals surface area contributed by atoms with E-state index in [2.05, 4.69) is 65.8 Å². The van der Waals surface area contributed by atoms with E-state index in [1.165, 1.54) is 10.6 Å². The van der Waals surface area contributed by atoms with Crippen LogP contribution in [0.2, 0.25) is 0 Å². The van der Waals surface area contributed by atoms with Gasteiger partial charge in [0.05, 0.1) is 0 Å². The van der Waals surface area contributed by atoms with Crippen LogP contribution in [-0.4, -0.2) is 10.3 Å². The summed E-state index contributed by atoms with van der Waals surface area (Å²) in [5.74, 6) is 0. The van der Waals surface area contributed by atoms with Crippen molar-refractivity contribution < 1.29 is 0 Å². The monoisotopic (exact) mass is 254 g/mol. The Hall–Kier alpha value is 0.0800. The third-order valence-corrected chi connectivity index (χ3v) is 4.60. The summed E-state index contributed by atoms with van der Waals surface area (Å²) in [6.45, 7) is 13.9. The Morgan fingerprint density at radius 1 is 0.750 bits per heavy atom. The van der Waals surface area contributed by atoms with Crippen LogP contribution in [-0.2, 0) is 0 Å². The van der Waals surface area contributed by atoms with Crippen LogP contribution in [0.4, 0.5) is 0 Å². The molecule has 0 aliphatic carbocycles. The first-order valence-electron chi connectivity index (χ1n) is 5.82. The maximum Gasteiger partial charge on any atom is -0.0166 e. The summed E-state index contributed by atoms with van der Waals surface area (Å²) in [7, 11) is 1.80. The molecule has 0 saturated heterocycles. The lowest BCUT2D eigenvalue weighted by Crippen LogP contribution is -2.16. The standard InChI is InChI=1S/C14H24P2/c1-13(2,3)15-11-8-7-9-12(10-11)16-14(4,5)6/h7-10,15-16H,1-6H3. The van der Waals surface area contributed by atoms with E-state index in [9.17, 15) is 0 Å². The molecule has 0 aliphatic heterocycles. The van der Waals surface area contributed by atoms with Crippen LogP contribution in [0.5, 0.6) is 0 Å². The van der Waals surface area contributed by atoms with E-state index >= 15 is 0 Å². The Morgan fingerprint density at radius 2 is 1.12 bits per heavy atom. The molecule has 1 aromatic rings. The first kappa shape index (κ1) is 14.1. The van der Waals surface area contributed by atoms with Gasteiger partial charge in [0.2, 0.25) is 0 Å². The average Bonchev–Trinajstić information content (AvgIpc) is 1.96. The molecule has 2 atom stereocenters.